The van der Waals surface area contributed by atoms with Gasteiger partial charge in [0.15, 0.2) is 0 Å². The van der Waals surface area contributed by atoms with Gasteiger partial charge in [0.05, 0.1) is 0 Å². The highest BCUT2D eigenvalue weighted by Gasteiger charge is 2.24. The third-order valence-corrected chi connectivity index (χ3v) is 6.92. The largest absolute Gasteiger partial charge is 0.160 e. The van der Waals surface area contributed by atoms with Gasteiger partial charge in [-0.2, -0.15) is 16.7 Å². The molecule has 0 spiro atoms. The Morgan fingerprint density at radius 2 is 1.67 bits per heavy atom. The standard InChI is InChI=1S/C22H27Cl2NOS/c1-5-27-14-19(25-26)11-8-16-6-9-17(10-7-16)22(3,4)18-12-20(23)15(2)21(24)13-18/h6-7,9-10,12-13,19H,5,8,11,14H2,1-4H3. The van der Waals surface area contributed by atoms with Crippen molar-refractivity contribution in [3.05, 3.63) is 73.6 Å². The van der Waals surface area contributed by atoms with E-state index in [1.807, 2.05) is 19.1 Å². The maximum absolute atomic E-state index is 11.0. The lowest BCUT2D eigenvalue weighted by atomic mass is 9.77. The highest BCUT2D eigenvalue weighted by molar-refractivity contribution is 7.99. The Balaban J connectivity index is 2.12. The van der Waals surface area contributed by atoms with Gasteiger partial charge in [-0.1, -0.05) is 73.4 Å². The monoisotopic (exact) mass is 423 g/mol. The van der Waals surface area contributed by atoms with Crippen LogP contribution in [0.3, 0.4) is 0 Å². The van der Waals surface area contributed by atoms with Crippen LogP contribution in [0.1, 0.15) is 49.4 Å². The SMILES string of the molecule is CCSCC(CCc1ccc(C(C)(C)c2cc(Cl)c(C)c(Cl)c2)cc1)N=O. The normalized spacial score (nSPS) is 12.8. The summed E-state index contributed by atoms with van der Waals surface area (Å²) in [6, 6.07) is 12.5. The number of rotatable bonds is 9. The third-order valence-electron chi connectivity index (χ3n) is 5.11. The summed E-state index contributed by atoms with van der Waals surface area (Å²) in [5, 5.41) is 4.65. The number of hydrogen-bond donors (Lipinski definition) is 0. The van der Waals surface area contributed by atoms with Crippen molar-refractivity contribution in [1.29, 1.82) is 0 Å². The molecular weight excluding hydrogens is 397 g/mol. The Morgan fingerprint density at radius 3 is 2.19 bits per heavy atom. The zero-order valence-corrected chi connectivity index (χ0v) is 18.7. The zero-order valence-electron chi connectivity index (χ0n) is 16.4. The van der Waals surface area contributed by atoms with Gasteiger partial charge in [0.1, 0.15) is 6.04 Å². The Labute approximate surface area is 177 Å². The van der Waals surface area contributed by atoms with E-state index in [1.54, 1.807) is 11.8 Å². The second-order valence-corrected chi connectivity index (χ2v) is 9.48. The number of thioether (sulfide) groups is 1. The van der Waals surface area contributed by atoms with Gasteiger partial charge in [-0.3, -0.25) is 0 Å². The molecule has 0 aromatic heterocycles. The van der Waals surface area contributed by atoms with Crippen molar-refractivity contribution in [1.82, 2.24) is 0 Å². The Kier molecular flexibility index (Phi) is 8.20. The summed E-state index contributed by atoms with van der Waals surface area (Å²) < 4.78 is 0. The molecule has 0 aliphatic carbocycles. The predicted octanol–water partition coefficient (Wildman–Crippen LogP) is 7.45. The molecule has 1 unspecified atom stereocenters. The quantitative estimate of drug-likeness (QED) is 0.391. The van der Waals surface area contributed by atoms with Gasteiger partial charge in [-0.25, -0.2) is 0 Å². The van der Waals surface area contributed by atoms with Crippen LogP contribution >= 0.6 is 35.0 Å². The first-order valence-corrected chi connectivity index (χ1v) is 11.2. The molecule has 0 aliphatic heterocycles. The summed E-state index contributed by atoms with van der Waals surface area (Å²) in [6.07, 6.45) is 1.66. The smallest absolute Gasteiger partial charge is 0.101 e. The number of hydrogen-bond acceptors (Lipinski definition) is 3. The maximum Gasteiger partial charge on any atom is 0.101 e. The number of benzene rings is 2. The molecule has 0 bridgehead atoms. The Bertz CT molecular complexity index is 751. The molecule has 0 saturated carbocycles. The summed E-state index contributed by atoms with van der Waals surface area (Å²) in [6.45, 7) is 8.37. The summed E-state index contributed by atoms with van der Waals surface area (Å²) >= 11 is 14.4. The van der Waals surface area contributed by atoms with E-state index in [2.05, 4.69) is 50.2 Å². The van der Waals surface area contributed by atoms with Crippen molar-refractivity contribution in [3.63, 3.8) is 0 Å². The second kappa shape index (κ2) is 9.95. The molecule has 2 aromatic rings. The lowest BCUT2D eigenvalue weighted by Crippen LogP contribution is -2.19. The first kappa shape index (κ1) is 22.3. The molecule has 0 fully saturated rings. The van der Waals surface area contributed by atoms with Crippen LogP contribution in [0.2, 0.25) is 10.0 Å². The predicted molar refractivity (Wildman–Crippen MR) is 121 cm³/mol. The van der Waals surface area contributed by atoms with Crippen molar-refractivity contribution < 1.29 is 0 Å². The van der Waals surface area contributed by atoms with Crippen LogP contribution in [0, 0.1) is 11.8 Å². The van der Waals surface area contributed by atoms with Crippen LogP contribution in [0.15, 0.2) is 41.6 Å². The van der Waals surface area contributed by atoms with Crippen molar-refractivity contribution >= 4 is 35.0 Å². The first-order chi connectivity index (χ1) is 12.8. The number of nitrogens with zero attached hydrogens (tertiary/aromatic N) is 1. The fraction of sp³-hybridized carbons (Fsp3) is 0.455. The van der Waals surface area contributed by atoms with E-state index in [4.69, 9.17) is 23.2 Å². The van der Waals surface area contributed by atoms with Crippen LogP contribution in [0.4, 0.5) is 0 Å². The highest BCUT2D eigenvalue weighted by atomic mass is 35.5. The van der Waals surface area contributed by atoms with E-state index < -0.39 is 0 Å². The molecule has 1 atom stereocenters. The molecule has 146 valence electrons. The summed E-state index contributed by atoms with van der Waals surface area (Å²) in [5.41, 5.74) is 4.23. The third kappa shape index (κ3) is 5.73. The van der Waals surface area contributed by atoms with Crippen molar-refractivity contribution in [3.8, 4) is 0 Å². The zero-order chi connectivity index (χ0) is 20.0. The van der Waals surface area contributed by atoms with Crippen LogP contribution < -0.4 is 0 Å². The molecule has 0 radical (unpaired) electrons. The average molecular weight is 424 g/mol. The van der Waals surface area contributed by atoms with Gasteiger partial charge >= 0.3 is 0 Å². The highest BCUT2D eigenvalue weighted by Crippen LogP contribution is 2.36. The van der Waals surface area contributed by atoms with Gasteiger partial charge in [0.25, 0.3) is 0 Å². The van der Waals surface area contributed by atoms with E-state index in [1.165, 1.54) is 11.1 Å². The molecular formula is C22H27Cl2NOS. The fourth-order valence-corrected chi connectivity index (χ4v) is 4.24. The first-order valence-electron chi connectivity index (χ1n) is 9.25. The lowest BCUT2D eigenvalue weighted by molar-refractivity contribution is 0.638. The van der Waals surface area contributed by atoms with E-state index in [0.29, 0.717) is 10.0 Å². The van der Waals surface area contributed by atoms with Gasteiger partial charge < -0.3 is 0 Å². The van der Waals surface area contributed by atoms with E-state index in [9.17, 15) is 4.91 Å². The van der Waals surface area contributed by atoms with E-state index in [0.717, 1.165) is 35.5 Å². The second-order valence-electron chi connectivity index (χ2n) is 7.34. The maximum atomic E-state index is 11.0. The topological polar surface area (TPSA) is 29.4 Å². The molecule has 0 amide bonds. The van der Waals surface area contributed by atoms with Gasteiger partial charge in [-0.15, -0.1) is 0 Å². The summed E-state index contributed by atoms with van der Waals surface area (Å²) in [5.74, 6) is 1.82. The van der Waals surface area contributed by atoms with Crippen molar-refractivity contribution in [2.75, 3.05) is 11.5 Å². The van der Waals surface area contributed by atoms with Crippen molar-refractivity contribution in [2.24, 2.45) is 5.18 Å². The molecule has 27 heavy (non-hydrogen) atoms. The Morgan fingerprint density at radius 1 is 1.07 bits per heavy atom. The summed E-state index contributed by atoms with van der Waals surface area (Å²) in [7, 11) is 0. The molecule has 2 rings (SSSR count). The Hall–Kier alpha value is -1.03. The van der Waals surface area contributed by atoms with Gasteiger partial charge in [-0.05, 0) is 59.9 Å². The van der Waals surface area contributed by atoms with Crippen LogP contribution in [-0.2, 0) is 11.8 Å². The van der Waals surface area contributed by atoms with Gasteiger partial charge in [0, 0.05) is 21.2 Å². The van der Waals surface area contributed by atoms with E-state index >= 15 is 0 Å². The molecule has 0 heterocycles. The van der Waals surface area contributed by atoms with E-state index in [-0.39, 0.29) is 11.5 Å². The number of aryl methyl sites for hydroxylation is 1. The number of halogens is 2. The molecule has 5 heteroatoms. The van der Waals surface area contributed by atoms with Crippen LogP contribution in [-0.4, -0.2) is 17.5 Å². The lowest BCUT2D eigenvalue weighted by Gasteiger charge is -2.27. The number of nitroso groups, excluding NO2 is 1. The molecule has 0 aliphatic rings. The average Bonchev–Trinajstić information content (AvgIpc) is 2.66. The molecule has 2 aromatic carbocycles. The fourth-order valence-electron chi connectivity index (χ4n) is 3.01. The minimum absolute atomic E-state index is 0.108. The summed E-state index contributed by atoms with van der Waals surface area (Å²) in [4.78, 5) is 11.0. The molecule has 0 N–H and O–H groups in total. The van der Waals surface area contributed by atoms with Crippen molar-refractivity contribution in [2.45, 2.75) is 52.0 Å². The minimum atomic E-state index is -0.204. The van der Waals surface area contributed by atoms with Crippen LogP contribution in [0.5, 0.6) is 0 Å². The minimum Gasteiger partial charge on any atom is -0.160 e. The molecule has 0 saturated heterocycles. The van der Waals surface area contributed by atoms with Crippen LogP contribution in [0.25, 0.3) is 0 Å². The van der Waals surface area contributed by atoms with Gasteiger partial charge in [0.2, 0.25) is 0 Å². The molecule has 2 nitrogen and oxygen atoms in total.